The summed E-state index contributed by atoms with van der Waals surface area (Å²) < 4.78 is 0. The molecule has 0 radical (unpaired) electrons. The molecule has 0 aliphatic rings. The van der Waals surface area contributed by atoms with Crippen LogP contribution in [0.25, 0.3) is 0 Å². The van der Waals surface area contributed by atoms with Gasteiger partial charge in [0.15, 0.2) is 0 Å². The lowest BCUT2D eigenvalue weighted by atomic mass is 10.1. The number of hydrogen-bond donors (Lipinski definition) is 2. The van der Waals surface area contributed by atoms with Gasteiger partial charge in [-0.05, 0) is 30.7 Å². The Hall–Kier alpha value is -0.250. The Labute approximate surface area is 87.1 Å². The number of hydrogen-bond acceptors (Lipinski definition) is 2. The van der Waals surface area contributed by atoms with Gasteiger partial charge in [0, 0.05) is 0 Å². The molecule has 0 atom stereocenters. The molecule has 1 aromatic rings. The molecule has 2 nitrogen and oxygen atoms in total. The minimum absolute atomic E-state index is 0. The molecule has 0 spiro atoms. The van der Waals surface area contributed by atoms with Gasteiger partial charge in [-0.3, -0.25) is 0 Å². The van der Waals surface area contributed by atoms with Gasteiger partial charge in [0.25, 0.3) is 0 Å². The summed E-state index contributed by atoms with van der Waals surface area (Å²) in [5.41, 5.74) is 6.34. The van der Waals surface area contributed by atoms with E-state index >= 15 is 0 Å². The van der Waals surface area contributed by atoms with E-state index in [0.29, 0.717) is 11.6 Å². The Morgan fingerprint density at radius 3 is 2.58 bits per heavy atom. The van der Waals surface area contributed by atoms with E-state index in [1.165, 1.54) is 0 Å². The van der Waals surface area contributed by atoms with Crippen molar-refractivity contribution < 1.29 is 5.11 Å². The molecule has 0 unspecified atom stereocenters. The SMILES string of the molecule is Br.NCCc1ccc(Cl)c(O)c1. The van der Waals surface area contributed by atoms with Crippen LogP contribution in [-0.2, 0) is 6.42 Å². The molecule has 0 bridgehead atoms. The van der Waals surface area contributed by atoms with Gasteiger partial charge in [-0.2, -0.15) is 0 Å². The maximum absolute atomic E-state index is 9.15. The second-order valence-corrected chi connectivity index (χ2v) is 2.73. The maximum atomic E-state index is 9.15. The van der Waals surface area contributed by atoms with Crippen LogP contribution in [0.1, 0.15) is 5.56 Å². The van der Waals surface area contributed by atoms with Crippen LogP contribution in [0.5, 0.6) is 5.75 Å². The minimum Gasteiger partial charge on any atom is -0.506 e. The molecule has 0 amide bonds. The molecule has 0 aliphatic heterocycles. The van der Waals surface area contributed by atoms with Crippen LogP contribution in [0.4, 0.5) is 0 Å². The topological polar surface area (TPSA) is 46.2 Å². The average Bonchev–Trinajstić information content (AvgIpc) is 1.98. The lowest BCUT2D eigenvalue weighted by Gasteiger charge is -2.00. The number of halogens is 2. The van der Waals surface area contributed by atoms with Crippen LogP contribution < -0.4 is 5.73 Å². The van der Waals surface area contributed by atoms with Crippen molar-refractivity contribution in [3.63, 3.8) is 0 Å². The first-order valence-electron chi connectivity index (χ1n) is 3.41. The fourth-order valence-electron chi connectivity index (χ4n) is 0.880. The highest BCUT2D eigenvalue weighted by atomic mass is 79.9. The van der Waals surface area contributed by atoms with E-state index in [0.717, 1.165) is 12.0 Å². The largest absolute Gasteiger partial charge is 0.506 e. The molecule has 3 N–H and O–H groups in total. The Morgan fingerprint density at radius 1 is 1.42 bits per heavy atom. The second kappa shape index (κ2) is 5.41. The van der Waals surface area contributed by atoms with Crippen LogP contribution in [0.2, 0.25) is 5.02 Å². The van der Waals surface area contributed by atoms with Crippen molar-refractivity contribution in [3.05, 3.63) is 28.8 Å². The van der Waals surface area contributed by atoms with E-state index in [9.17, 15) is 0 Å². The summed E-state index contributed by atoms with van der Waals surface area (Å²) >= 11 is 5.60. The monoisotopic (exact) mass is 251 g/mol. The zero-order chi connectivity index (χ0) is 8.27. The molecule has 0 saturated heterocycles. The van der Waals surface area contributed by atoms with Gasteiger partial charge in [-0.15, -0.1) is 17.0 Å². The van der Waals surface area contributed by atoms with Gasteiger partial charge < -0.3 is 10.8 Å². The number of benzene rings is 1. The van der Waals surface area contributed by atoms with Crippen LogP contribution in [-0.4, -0.2) is 11.7 Å². The fourth-order valence-corrected chi connectivity index (χ4v) is 0.998. The number of aromatic hydroxyl groups is 1. The number of rotatable bonds is 2. The molecular weight excluding hydrogens is 241 g/mol. The highest BCUT2D eigenvalue weighted by Gasteiger charge is 1.98. The molecule has 12 heavy (non-hydrogen) atoms. The van der Waals surface area contributed by atoms with Gasteiger partial charge in [0.05, 0.1) is 5.02 Å². The van der Waals surface area contributed by atoms with Gasteiger partial charge in [0.1, 0.15) is 5.75 Å². The molecule has 0 aromatic heterocycles. The Balaban J connectivity index is 0.00000121. The summed E-state index contributed by atoms with van der Waals surface area (Å²) in [4.78, 5) is 0. The first-order valence-corrected chi connectivity index (χ1v) is 3.79. The van der Waals surface area contributed by atoms with E-state index < -0.39 is 0 Å². The van der Waals surface area contributed by atoms with Crippen LogP contribution in [0, 0.1) is 0 Å². The quantitative estimate of drug-likeness (QED) is 0.847. The number of phenols is 1. The van der Waals surface area contributed by atoms with E-state index in [4.69, 9.17) is 22.4 Å². The predicted molar refractivity (Wildman–Crippen MR) is 56.2 cm³/mol. The standard InChI is InChI=1S/C8H10ClNO.BrH/c9-7-2-1-6(3-4-10)5-8(7)11;/h1-2,5,11H,3-4,10H2;1H. The van der Waals surface area contributed by atoms with Crippen molar-refractivity contribution in [2.45, 2.75) is 6.42 Å². The van der Waals surface area contributed by atoms with E-state index in [1.807, 2.05) is 6.07 Å². The number of phenolic OH excluding ortho intramolecular Hbond substituents is 1. The third kappa shape index (κ3) is 3.01. The van der Waals surface area contributed by atoms with Crippen molar-refractivity contribution >= 4 is 28.6 Å². The summed E-state index contributed by atoms with van der Waals surface area (Å²) in [6.45, 7) is 0.584. The maximum Gasteiger partial charge on any atom is 0.134 e. The second-order valence-electron chi connectivity index (χ2n) is 2.32. The molecule has 0 aliphatic carbocycles. The van der Waals surface area contributed by atoms with Crippen molar-refractivity contribution in [1.29, 1.82) is 0 Å². The summed E-state index contributed by atoms with van der Waals surface area (Å²) in [5.74, 6) is 0.123. The van der Waals surface area contributed by atoms with Gasteiger partial charge in [0.2, 0.25) is 0 Å². The van der Waals surface area contributed by atoms with E-state index in [-0.39, 0.29) is 22.7 Å². The number of nitrogens with two attached hydrogens (primary N) is 1. The van der Waals surface area contributed by atoms with Crippen molar-refractivity contribution in [3.8, 4) is 5.75 Å². The lowest BCUT2D eigenvalue weighted by Crippen LogP contribution is -2.02. The highest BCUT2D eigenvalue weighted by Crippen LogP contribution is 2.23. The Morgan fingerprint density at radius 2 is 2.08 bits per heavy atom. The van der Waals surface area contributed by atoms with E-state index in [2.05, 4.69) is 0 Å². The summed E-state index contributed by atoms with van der Waals surface area (Å²) in [6.07, 6.45) is 0.769. The molecule has 1 rings (SSSR count). The molecule has 68 valence electrons. The molecule has 0 heterocycles. The average molecular weight is 253 g/mol. The molecular formula is C8H11BrClNO. The highest BCUT2D eigenvalue weighted by molar-refractivity contribution is 8.93. The summed E-state index contributed by atoms with van der Waals surface area (Å²) in [6, 6.07) is 5.16. The van der Waals surface area contributed by atoms with Crippen LogP contribution in [0.15, 0.2) is 18.2 Å². The third-order valence-corrected chi connectivity index (χ3v) is 1.76. The van der Waals surface area contributed by atoms with Gasteiger partial charge in [-0.1, -0.05) is 17.7 Å². The summed E-state index contributed by atoms with van der Waals surface area (Å²) in [7, 11) is 0. The molecule has 0 fully saturated rings. The normalized spacial score (nSPS) is 9.17. The lowest BCUT2D eigenvalue weighted by molar-refractivity contribution is 0.475. The van der Waals surface area contributed by atoms with Gasteiger partial charge >= 0.3 is 0 Å². The zero-order valence-corrected chi connectivity index (χ0v) is 8.93. The Bertz CT molecular complexity index is 255. The zero-order valence-electron chi connectivity index (χ0n) is 6.46. The Kier molecular flexibility index (Phi) is 5.29. The van der Waals surface area contributed by atoms with Crippen LogP contribution in [0.3, 0.4) is 0 Å². The summed E-state index contributed by atoms with van der Waals surface area (Å²) in [5, 5.41) is 9.53. The first-order chi connectivity index (χ1) is 5.24. The van der Waals surface area contributed by atoms with E-state index in [1.54, 1.807) is 12.1 Å². The van der Waals surface area contributed by atoms with Crippen molar-refractivity contribution in [2.75, 3.05) is 6.54 Å². The third-order valence-electron chi connectivity index (χ3n) is 1.44. The van der Waals surface area contributed by atoms with Crippen molar-refractivity contribution in [1.82, 2.24) is 0 Å². The minimum atomic E-state index is 0. The van der Waals surface area contributed by atoms with Crippen molar-refractivity contribution in [2.24, 2.45) is 5.73 Å². The molecule has 4 heteroatoms. The first kappa shape index (κ1) is 11.8. The van der Waals surface area contributed by atoms with Crippen LogP contribution >= 0.6 is 28.6 Å². The smallest absolute Gasteiger partial charge is 0.134 e. The fraction of sp³-hybridized carbons (Fsp3) is 0.250. The van der Waals surface area contributed by atoms with Gasteiger partial charge in [-0.25, -0.2) is 0 Å². The molecule has 1 aromatic carbocycles. The molecule has 0 saturated carbocycles. The predicted octanol–water partition coefficient (Wildman–Crippen LogP) is 2.12.